The first-order valence-corrected chi connectivity index (χ1v) is 3.81. The Labute approximate surface area is 67.0 Å². The van der Waals surface area contributed by atoms with Crippen molar-refractivity contribution in [2.45, 2.75) is 19.9 Å². The highest BCUT2D eigenvalue weighted by Crippen LogP contribution is 1.95. The summed E-state index contributed by atoms with van der Waals surface area (Å²) in [5.74, 6) is 0. The molecule has 1 rings (SSSR count). The van der Waals surface area contributed by atoms with Gasteiger partial charge in [-0.1, -0.05) is 0 Å². The van der Waals surface area contributed by atoms with Crippen LogP contribution in [-0.2, 0) is 11.3 Å². The summed E-state index contributed by atoms with van der Waals surface area (Å²) in [5.41, 5.74) is 1.21. The van der Waals surface area contributed by atoms with Gasteiger partial charge in [-0.05, 0) is 18.9 Å². The number of hydrogen-bond acceptors (Lipinski definition) is 2. The van der Waals surface area contributed by atoms with Gasteiger partial charge in [-0.3, -0.25) is 4.68 Å². The zero-order valence-electron chi connectivity index (χ0n) is 7.08. The average Bonchev–Trinajstić information content (AvgIpc) is 2.37. The lowest BCUT2D eigenvalue weighted by molar-refractivity contribution is 0.189. The largest absolute Gasteiger partial charge is 0.385 e. The molecule has 3 nitrogen and oxygen atoms in total. The molecule has 0 aliphatic rings. The topological polar surface area (TPSA) is 27.1 Å². The summed E-state index contributed by atoms with van der Waals surface area (Å²) < 4.78 is 6.87. The Hall–Kier alpha value is -0.830. The highest BCUT2D eigenvalue weighted by atomic mass is 16.5. The second-order valence-electron chi connectivity index (χ2n) is 2.63. The summed E-state index contributed by atoms with van der Waals surface area (Å²) >= 11 is 0. The summed E-state index contributed by atoms with van der Waals surface area (Å²) in [6.45, 7) is 3.79. The van der Waals surface area contributed by atoms with Gasteiger partial charge in [-0.2, -0.15) is 5.10 Å². The van der Waals surface area contributed by atoms with E-state index in [-0.39, 0.29) is 0 Å². The lowest BCUT2D eigenvalue weighted by Crippen LogP contribution is -2.01. The van der Waals surface area contributed by atoms with E-state index in [1.807, 2.05) is 24.0 Å². The number of aryl methyl sites for hydroxylation is 2. The molecule has 3 heteroatoms. The van der Waals surface area contributed by atoms with Crippen LogP contribution >= 0.6 is 0 Å². The third-order valence-electron chi connectivity index (χ3n) is 1.50. The smallest absolute Gasteiger partial charge is 0.0518 e. The van der Waals surface area contributed by atoms with Gasteiger partial charge >= 0.3 is 0 Å². The van der Waals surface area contributed by atoms with Crippen LogP contribution in [0.1, 0.15) is 12.0 Å². The van der Waals surface area contributed by atoms with Gasteiger partial charge in [-0.25, -0.2) is 0 Å². The molecule has 0 bridgehead atoms. The molecule has 0 N–H and O–H groups in total. The maximum atomic E-state index is 4.93. The van der Waals surface area contributed by atoms with E-state index in [9.17, 15) is 0 Å². The van der Waals surface area contributed by atoms with Crippen molar-refractivity contribution in [3.63, 3.8) is 0 Å². The Bertz CT molecular complexity index is 208. The molecule has 0 aliphatic heterocycles. The van der Waals surface area contributed by atoms with Gasteiger partial charge in [0, 0.05) is 26.5 Å². The fourth-order valence-electron chi connectivity index (χ4n) is 0.960. The average molecular weight is 154 g/mol. The third-order valence-corrected chi connectivity index (χ3v) is 1.50. The van der Waals surface area contributed by atoms with Gasteiger partial charge in [0.05, 0.1) is 6.20 Å². The van der Waals surface area contributed by atoms with E-state index in [1.165, 1.54) is 5.56 Å². The minimum atomic E-state index is 0.804. The lowest BCUT2D eigenvalue weighted by atomic mass is 10.4. The van der Waals surface area contributed by atoms with Crippen LogP contribution in [0.3, 0.4) is 0 Å². The van der Waals surface area contributed by atoms with Crippen molar-refractivity contribution >= 4 is 0 Å². The number of ether oxygens (including phenoxy) is 1. The maximum absolute atomic E-state index is 4.93. The molecule has 0 fully saturated rings. The van der Waals surface area contributed by atoms with Crippen molar-refractivity contribution in [3.05, 3.63) is 18.0 Å². The molecule has 0 aliphatic carbocycles. The van der Waals surface area contributed by atoms with Gasteiger partial charge in [0.25, 0.3) is 0 Å². The minimum absolute atomic E-state index is 0.804. The molecule has 11 heavy (non-hydrogen) atoms. The van der Waals surface area contributed by atoms with E-state index in [0.29, 0.717) is 0 Å². The quantitative estimate of drug-likeness (QED) is 0.610. The summed E-state index contributed by atoms with van der Waals surface area (Å²) in [7, 11) is 1.72. The molecule has 0 radical (unpaired) electrons. The van der Waals surface area contributed by atoms with Gasteiger partial charge in [0.2, 0.25) is 0 Å². The van der Waals surface area contributed by atoms with Crippen molar-refractivity contribution in [3.8, 4) is 0 Å². The minimum Gasteiger partial charge on any atom is -0.385 e. The second kappa shape index (κ2) is 4.13. The predicted octanol–water partition coefficient (Wildman–Crippen LogP) is 1.23. The van der Waals surface area contributed by atoms with Crippen LogP contribution in [-0.4, -0.2) is 23.5 Å². The van der Waals surface area contributed by atoms with Crippen LogP contribution in [0.4, 0.5) is 0 Å². The Morgan fingerprint density at radius 2 is 2.45 bits per heavy atom. The van der Waals surface area contributed by atoms with Gasteiger partial charge in [-0.15, -0.1) is 0 Å². The standard InChI is InChI=1S/C8H14N2O/c1-8-6-9-10(7-8)4-3-5-11-2/h6-7H,3-5H2,1-2H3. The Balaban J connectivity index is 2.27. The summed E-state index contributed by atoms with van der Waals surface area (Å²) in [5, 5.41) is 4.15. The fraction of sp³-hybridized carbons (Fsp3) is 0.625. The zero-order valence-corrected chi connectivity index (χ0v) is 7.08. The van der Waals surface area contributed by atoms with Crippen molar-refractivity contribution < 1.29 is 4.74 Å². The number of hydrogen-bond donors (Lipinski definition) is 0. The molecule has 0 amide bonds. The summed E-state index contributed by atoms with van der Waals surface area (Å²) in [4.78, 5) is 0. The predicted molar refractivity (Wildman–Crippen MR) is 43.5 cm³/mol. The normalized spacial score (nSPS) is 10.4. The van der Waals surface area contributed by atoms with Crippen molar-refractivity contribution in [1.82, 2.24) is 9.78 Å². The molecule has 1 aromatic rings. The van der Waals surface area contributed by atoms with Crippen LogP contribution in [0.2, 0.25) is 0 Å². The number of methoxy groups -OCH3 is 1. The van der Waals surface area contributed by atoms with E-state index in [1.54, 1.807) is 7.11 Å². The highest BCUT2D eigenvalue weighted by molar-refractivity contribution is 4.99. The summed E-state index contributed by atoms with van der Waals surface area (Å²) in [6.07, 6.45) is 4.93. The number of aromatic nitrogens is 2. The molecular weight excluding hydrogens is 140 g/mol. The molecule has 0 spiro atoms. The van der Waals surface area contributed by atoms with Crippen LogP contribution in [0.15, 0.2) is 12.4 Å². The first kappa shape index (κ1) is 8.27. The van der Waals surface area contributed by atoms with Gasteiger partial charge in [0.1, 0.15) is 0 Å². The van der Waals surface area contributed by atoms with Crippen molar-refractivity contribution in [2.75, 3.05) is 13.7 Å². The molecule has 1 heterocycles. The number of rotatable bonds is 4. The monoisotopic (exact) mass is 154 g/mol. The van der Waals surface area contributed by atoms with Crippen LogP contribution in [0.5, 0.6) is 0 Å². The Morgan fingerprint density at radius 1 is 1.64 bits per heavy atom. The van der Waals surface area contributed by atoms with Crippen molar-refractivity contribution in [2.24, 2.45) is 0 Å². The van der Waals surface area contributed by atoms with E-state index in [2.05, 4.69) is 5.10 Å². The van der Waals surface area contributed by atoms with Crippen LogP contribution in [0.25, 0.3) is 0 Å². The highest BCUT2D eigenvalue weighted by Gasteiger charge is 1.92. The molecule has 0 aromatic carbocycles. The molecule has 1 aromatic heterocycles. The van der Waals surface area contributed by atoms with E-state index < -0.39 is 0 Å². The van der Waals surface area contributed by atoms with E-state index >= 15 is 0 Å². The van der Waals surface area contributed by atoms with Gasteiger partial charge in [0.15, 0.2) is 0 Å². The second-order valence-corrected chi connectivity index (χ2v) is 2.63. The van der Waals surface area contributed by atoms with E-state index in [4.69, 9.17) is 4.74 Å². The van der Waals surface area contributed by atoms with E-state index in [0.717, 1.165) is 19.6 Å². The van der Waals surface area contributed by atoms with Crippen LogP contribution in [0, 0.1) is 6.92 Å². The number of nitrogens with zero attached hydrogens (tertiary/aromatic N) is 2. The van der Waals surface area contributed by atoms with Gasteiger partial charge < -0.3 is 4.74 Å². The molecular formula is C8H14N2O. The fourth-order valence-corrected chi connectivity index (χ4v) is 0.960. The third kappa shape index (κ3) is 2.72. The SMILES string of the molecule is COCCCn1cc(C)cn1. The first-order chi connectivity index (χ1) is 5.33. The molecule has 0 saturated heterocycles. The molecule has 0 saturated carbocycles. The zero-order chi connectivity index (χ0) is 8.10. The molecule has 0 atom stereocenters. The lowest BCUT2D eigenvalue weighted by Gasteiger charge is -1.98. The molecule has 62 valence electrons. The van der Waals surface area contributed by atoms with Crippen LogP contribution < -0.4 is 0 Å². The maximum Gasteiger partial charge on any atom is 0.0518 e. The summed E-state index contributed by atoms with van der Waals surface area (Å²) in [6, 6.07) is 0. The Morgan fingerprint density at radius 3 is 3.00 bits per heavy atom. The Kier molecular flexibility index (Phi) is 3.11. The first-order valence-electron chi connectivity index (χ1n) is 3.81. The van der Waals surface area contributed by atoms with Crippen molar-refractivity contribution in [1.29, 1.82) is 0 Å². The molecule has 0 unspecified atom stereocenters.